The summed E-state index contributed by atoms with van der Waals surface area (Å²) in [4.78, 5) is 14.1. The lowest BCUT2D eigenvalue weighted by molar-refractivity contribution is -0.149. The number of furan rings is 1. The van der Waals surface area contributed by atoms with Crippen molar-refractivity contribution in [2.24, 2.45) is 5.92 Å². The Morgan fingerprint density at radius 2 is 2.21 bits per heavy atom. The third-order valence-electron chi connectivity index (χ3n) is 3.87. The second kappa shape index (κ2) is 6.24. The number of carbonyl (C=O) groups excluding carboxylic acids is 1. The van der Waals surface area contributed by atoms with Crippen LogP contribution >= 0.6 is 0 Å². The lowest BCUT2D eigenvalue weighted by atomic mass is 9.92. The van der Waals surface area contributed by atoms with Gasteiger partial charge in [0, 0.05) is 6.42 Å². The smallest absolute Gasteiger partial charge is 0.323 e. The normalized spacial score (nSPS) is 24.4. The third kappa shape index (κ3) is 3.38. The average molecular weight is 265 g/mol. The third-order valence-corrected chi connectivity index (χ3v) is 3.87. The van der Waals surface area contributed by atoms with Gasteiger partial charge in [-0.1, -0.05) is 13.8 Å². The quantitative estimate of drug-likeness (QED) is 0.785. The van der Waals surface area contributed by atoms with E-state index in [2.05, 4.69) is 18.7 Å². The Morgan fingerprint density at radius 3 is 2.84 bits per heavy atom. The Bertz CT molecular complexity index is 427. The molecule has 1 aliphatic rings. The standard InChI is InChI=1S/C15H23NO3/c1-4-12-5-6-13(19-12)10-16-8-7-11(2)9-14(16)15(17)18-3/h5-6,11,14H,4,7-10H2,1-3H3. The summed E-state index contributed by atoms with van der Waals surface area (Å²) in [6.45, 7) is 5.87. The predicted molar refractivity (Wildman–Crippen MR) is 72.7 cm³/mol. The van der Waals surface area contributed by atoms with Gasteiger partial charge in [-0.15, -0.1) is 0 Å². The molecule has 2 heterocycles. The number of ether oxygens (including phenoxy) is 1. The highest BCUT2D eigenvalue weighted by Crippen LogP contribution is 2.25. The molecule has 2 atom stereocenters. The second-order valence-corrected chi connectivity index (χ2v) is 5.36. The Kier molecular flexibility index (Phi) is 4.64. The van der Waals surface area contributed by atoms with Crippen LogP contribution in [-0.2, 0) is 22.5 Å². The van der Waals surface area contributed by atoms with Gasteiger partial charge in [0.2, 0.25) is 0 Å². The fourth-order valence-corrected chi connectivity index (χ4v) is 2.66. The molecule has 0 bridgehead atoms. The van der Waals surface area contributed by atoms with Crippen molar-refractivity contribution < 1.29 is 13.9 Å². The van der Waals surface area contributed by atoms with Gasteiger partial charge >= 0.3 is 5.97 Å². The molecule has 19 heavy (non-hydrogen) atoms. The van der Waals surface area contributed by atoms with E-state index in [0.29, 0.717) is 12.5 Å². The van der Waals surface area contributed by atoms with E-state index >= 15 is 0 Å². The molecule has 1 aliphatic heterocycles. The molecule has 106 valence electrons. The van der Waals surface area contributed by atoms with Crippen molar-refractivity contribution in [2.45, 2.75) is 45.7 Å². The van der Waals surface area contributed by atoms with Crippen LogP contribution in [0.4, 0.5) is 0 Å². The van der Waals surface area contributed by atoms with Gasteiger partial charge in [0.25, 0.3) is 0 Å². The Morgan fingerprint density at radius 1 is 1.47 bits per heavy atom. The fourth-order valence-electron chi connectivity index (χ4n) is 2.66. The maximum absolute atomic E-state index is 11.9. The summed E-state index contributed by atoms with van der Waals surface area (Å²) in [5.74, 6) is 2.37. The van der Waals surface area contributed by atoms with Crippen LogP contribution in [0.25, 0.3) is 0 Å². The first-order chi connectivity index (χ1) is 9.13. The highest BCUT2D eigenvalue weighted by atomic mass is 16.5. The number of hydrogen-bond acceptors (Lipinski definition) is 4. The van der Waals surface area contributed by atoms with Crippen molar-refractivity contribution in [3.05, 3.63) is 23.7 Å². The van der Waals surface area contributed by atoms with E-state index in [-0.39, 0.29) is 12.0 Å². The highest BCUT2D eigenvalue weighted by molar-refractivity contribution is 5.75. The van der Waals surface area contributed by atoms with Gasteiger partial charge in [-0.3, -0.25) is 9.69 Å². The molecular weight excluding hydrogens is 242 g/mol. The van der Waals surface area contributed by atoms with Gasteiger partial charge in [-0.05, 0) is 37.4 Å². The van der Waals surface area contributed by atoms with E-state index in [9.17, 15) is 4.79 Å². The van der Waals surface area contributed by atoms with E-state index in [4.69, 9.17) is 9.15 Å². The molecule has 0 aromatic carbocycles. The monoisotopic (exact) mass is 265 g/mol. The van der Waals surface area contributed by atoms with Gasteiger partial charge in [0.15, 0.2) is 0 Å². The summed E-state index contributed by atoms with van der Waals surface area (Å²) >= 11 is 0. The van der Waals surface area contributed by atoms with Crippen molar-refractivity contribution in [2.75, 3.05) is 13.7 Å². The number of likely N-dealkylation sites (tertiary alicyclic amines) is 1. The zero-order valence-electron chi connectivity index (χ0n) is 12.0. The molecule has 1 aromatic rings. The van der Waals surface area contributed by atoms with E-state index < -0.39 is 0 Å². The maximum atomic E-state index is 11.9. The minimum absolute atomic E-state index is 0.131. The van der Waals surface area contributed by atoms with Crippen LogP contribution in [0, 0.1) is 5.92 Å². The number of nitrogens with zero attached hydrogens (tertiary/aromatic N) is 1. The summed E-state index contributed by atoms with van der Waals surface area (Å²) in [7, 11) is 1.46. The zero-order valence-corrected chi connectivity index (χ0v) is 12.0. The molecule has 1 saturated heterocycles. The Balaban J connectivity index is 2.05. The number of aryl methyl sites for hydroxylation is 1. The molecular formula is C15H23NO3. The Labute approximate surface area is 114 Å². The van der Waals surface area contributed by atoms with Gasteiger partial charge in [0.1, 0.15) is 17.6 Å². The molecule has 0 N–H and O–H groups in total. The molecule has 1 fully saturated rings. The van der Waals surface area contributed by atoms with Crippen LogP contribution in [0.3, 0.4) is 0 Å². The molecule has 2 rings (SSSR count). The first kappa shape index (κ1) is 14.1. The molecule has 4 heteroatoms. The number of hydrogen-bond donors (Lipinski definition) is 0. The lowest BCUT2D eigenvalue weighted by Gasteiger charge is -2.36. The van der Waals surface area contributed by atoms with Gasteiger partial charge in [0.05, 0.1) is 13.7 Å². The summed E-state index contributed by atoms with van der Waals surface area (Å²) < 4.78 is 10.7. The number of esters is 1. The minimum Gasteiger partial charge on any atom is -0.468 e. The van der Waals surface area contributed by atoms with Crippen molar-refractivity contribution in [3.8, 4) is 0 Å². The van der Waals surface area contributed by atoms with Crippen LogP contribution in [0.5, 0.6) is 0 Å². The molecule has 0 radical (unpaired) electrons. The van der Waals surface area contributed by atoms with E-state index in [1.807, 2.05) is 12.1 Å². The summed E-state index contributed by atoms with van der Waals surface area (Å²) in [5.41, 5.74) is 0. The second-order valence-electron chi connectivity index (χ2n) is 5.36. The number of methoxy groups -OCH3 is 1. The van der Waals surface area contributed by atoms with Crippen LogP contribution in [0.15, 0.2) is 16.5 Å². The van der Waals surface area contributed by atoms with E-state index in [1.165, 1.54) is 7.11 Å². The van der Waals surface area contributed by atoms with Crippen LogP contribution < -0.4 is 0 Å². The number of piperidine rings is 1. The first-order valence-corrected chi connectivity index (χ1v) is 7.03. The maximum Gasteiger partial charge on any atom is 0.323 e. The van der Waals surface area contributed by atoms with E-state index in [1.54, 1.807) is 0 Å². The summed E-state index contributed by atoms with van der Waals surface area (Å²) in [6, 6.07) is 3.88. The molecule has 0 saturated carbocycles. The van der Waals surface area contributed by atoms with Crippen LogP contribution in [0.2, 0.25) is 0 Å². The fraction of sp³-hybridized carbons (Fsp3) is 0.667. The molecule has 0 aliphatic carbocycles. The molecule has 2 unspecified atom stereocenters. The molecule has 0 amide bonds. The van der Waals surface area contributed by atoms with Crippen LogP contribution in [0.1, 0.15) is 38.2 Å². The molecule has 0 spiro atoms. The number of carbonyl (C=O) groups is 1. The number of rotatable bonds is 4. The van der Waals surface area contributed by atoms with Gasteiger partial charge < -0.3 is 9.15 Å². The van der Waals surface area contributed by atoms with Gasteiger partial charge in [-0.2, -0.15) is 0 Å². The minimum atomic E-state index is -0.135. The van der Waals surface area contributed by atoms with Gasteiger partial charge in [-0.25, -0.2) is 0 Å². The Hall–Kier alpha value is -1.29. The lowest BCUT2D eigenvalue weighted by Crippen LogP contribution is -2.46. The van der Waals surface area contributed by atoms with Crippen molar-refractivity contribution >= 4 is 5.97 Å². The predicted octanol–water partition coefficient (Wildman–Crippen LogP) is 2.62. The SMILES string of the molecule is CCc1ccc(CN2CCC(C)CC2C(=O)OC)o1. The highest BCUT2D eigenvalue weighted by Gasteiger charge is 2.32. The average Bonchev–Trinajstić information content (AvgIpc) is 2.87. The molecule has 1 aromatic heterocycles. The molecule has 4 nitrogen and oxygen atoms in total. The first-order valence-electron chi connectivity index (χ1n) is 7.03. The largest absolute Gasteiger partial charge is 0.468 e. The van der Waals surface area contributed by atoms with Crippen molar-refractivity contribution in [1.82, 2.24) is 4.90 Å². The summed E-state index contributed by atoms with van der Waals surface area (Å²) in [5, 5.41) is 0. The van der Waals surface area contributed by atoms with Crippen LogP contribution in [-0.4, -0.2) is 30.6 Å². The van der Waals surface area contributed by atoms with Crippen molar-refractivity contribution in [3.63, 3.8) is 0 Å². The zero-order chi connectivity index (χ0) is 13.8. The van der Waals surface area contributed by atoms with E-state index in [0.717, 1.165) is 37.3 Å². The summed E-state index contributed by atoms with van der Waals surface area (Å²) in [6.07, 6.45) is 2.89. The van der Waals surface area contributed by atoms with Crippen molar-refractivity contribution in [1.29, 1.82) is 0 Å². The topological polar surface area (TPSA) is 42.7 Å².